The molecular formula is C15H9F2NO3S. The van der Waals surface area contributed by atoms with Gasteiger partial charge in [-0.15, -0.1) is 20.5 Å². The topological polar surface area (TPSA) is 47.6 Å². The summed E-state index contributed by atoms with van der Waals surface area (Å²) < 4.78 is 34.9. The summed E-state index contributed by atoms with van der Waals surface area (Å²) in [7, 11) is 0. The van der Waals surface area contributed by atoms with E-state index in [1.165, 1.54) is 23.9 Å². The second kappa shape index (κ2) is 4.61. The largest absolute Gasteiger partial charge is 0.586 e. The van der Waals surface area contributed by atoms with Crippen LogP contribution in [0.25, 0.3) is 11.1 Å². The van der Waals surface area contributed by atoms with E-state index in [0.29, 0.717) is 5.75 Å². The molecule has 2 aliphatic rings. The van der Waals surface area contributed by atoms with Crippen LogP contribution in [0.1, 0.15) is 0 Å². The molecule has 0 bridgehead atoms. The predicted octanol–water partition coefficient (Wildman–Crippen LogP) is 3.72. The lowest BCUT2D eigenvalue weighted by Crippen LogP contribution is -2.25. The molecule has 22 heavy (non-hydrogen) atoms. The number of ether oxygens (including phenoxy) is 2. The Kier molecular flexibility index (Phi) is 2.80. The van der Waals surface area contributed by atoms with E-state index >= 15 is 0 Å². The summed E-state index contributed by atoms with van der Waals surface area (Å²) in [5, 5.41) is 2.79. The van der Waals surface area contributed by atoms with Crippen molar-refractivity contribution in [2.75, 3.05) is 11.1 Å². The zero-order chi connectivity index (χ0) is 15.3. The predicted molar refractivity (Wildman–Crippen MR) is 77.4 cm³/mol. The number of fused-ring (bicyclic) bond motifs is 2. The summed E-state index contributed by atoms with van der Waals surface area (Å²) in [6.07, 6.45) is -3.61. The Hall–Kier alpha value is -2.28. The highest BCUT2D eigenvalue weighted by Crippen LogP contribution is 2.43. The highest BCUT2D eigenvalue weighted by Gasteiger charge is 2.43. The molecule has 0 saturated carbocycles. The zero-order valence-electron chi connectivity index (χ0n) is 11.1. The Labute approximate surface area is 128 Å². The first-order chi connectivity index (χ1) is 10.5. The first-order valence-electron chi connectivity index (χ1n) is 6.47. The number of anilines is 1. The van der Waals surface area contributed by atoms with Crippen LogP contribution in [0.15, 0.2) is 41.3 Å². The zero-order valence-corrected chi connectivity index (χ0v) is 11.9. The van der Waals surface area contributed by atoms with Crippen molar-refractivity contribution in [2.45, 2.75) is 11.2 Å². The van der Waals surface area contributed by atoms with Crippen LogP contribution in [0.4, 0.5) is 14.5 Å². The molecule has 2 heterocycles. The van der Waals surface area contributed by atoms with Crippen LogP contribution in [-0.2, 0) is 4.79 Å². The van der Waals surface area contributed by atoms with Crippen molar-refractivity contribution in [3.63, 3.8) is 0 Å². The number of rotatable bonds is 1. The van der Waals surface area contributed by atoms with Gasteiger partial charge in [-0.3, -0.25) is 4.79 Å². The summed E-state index contributed by atoms with van der Waals surface area (Å²) in [5.41, 5.74) is 2.35. The van der Waals surface area contributed by atoms with Crippen LogP contribution >= 0.6 is 11.8 Å². The SMILES string of the molecule is O=C1CSc2cc(-c3ccc4c(c3)OC(F)(F)O4)ccc2N1. The summed E-state index contributed by atoms with van der Waals surface area (Å²) in [5.74, 6) is 0.370. The summed E-state index contributed by atoms with van der Waals surface area (Å²) >= 11 is 1.44. The van der Waals surface area contributed by atoms with Gasteiger partial charge in [0.15, 0.2) is 11.5 Å². The number of carbonyl (C=O) groups is 1. The second-order valence-electron chi connectivity index (χ2n) is 4.88. The minimum absolute atomic E-state index is 0.0150. The van der Waals surface area contributed by atoms with Crippen molar-refractivity contribution in [1.29, 1.82) is 0 Å². The molecule has 0 saturated heterocycles. The molecule has 2 aromatic carbocycles. The fraction of sp³-hybridized carbons (Fsp3) is 0.133. The van der Waals surface area contributed by atoms with Crippen molar-refractivity contribution in [1.82, 2.24) is 0 Å². The average molecular weight is 321 g/mol. The number of alkyl halides is 2. The monoisotopic (exact) mass is 321 g/mol. The Morgan fingerprint density at radius 2 is 1.77 bits per heavy atom. The normalized spacial score (nSPS) is 17.8. The first-order valence-corrected chi connectivity index (χ1v) is 7.46. The molecule has 2 aliphatic heterocycles. The van der Waals surface area contributed by atoms with Gasteiger partial charge in [0.05, 0.1) is 11.4 Å². The quantitative estimate of drug-likeness (QED) is 0.869. The standard InChI is InChI=1S/C15H9F2NO3S/c16-15(17)20-11-4-2-8(5-12(11)21-15)9-1-3-10-13(6-9)22-7-14(19)18-10/h1-6H,7H2,(H,18,19). The molecule has 0 aromatic heterocycles. The lowest BCUT2D eigenvalue weighted by atomic mass is 10.0. The van der Waals surface area contributed by atoms with E-state index in [0.717, 1.165) is 21.7 Å². The smallest absolute Gasteiger partial charge is 0.395 e. The molecule has 2 aromatic rings. The fourth-order valence-corrected chi connectivity index (χ4v) is 3.23. The molecule has 4 rings (SSSR count). The molecular weight excluding hydrogens is 312 g/mol. The molecule has 4 nitrogen and oxygen atoms in total. The highest BCUT2D eigenvalue weighted by atomic mass is 32.2. The van der Waals surface area contributed by atoms with Crippen LogP contribution < -0.4 is 14.8 Å². The Morgan fingerprint density at radius 1 is 1.05 bits per heavy atom. The van der Waals surface area contributed by atoms with Gasteiger partial charge in [0.2, 0.25) is 5.91 Å². The molecule has 0 unspecified atom stereocenters. The number of thioether (sulfide) groups is 1. The fourth-order valence-electron chi connectivity index (χ4n) is 2.38. The molecule has 0 atom stereocenters. The van der Waals surface area contributed by atoms with Crippen molar-refractivity contribution in [2.24, 2.45) is 0 Å². The third-order valence-corrected chi connectivity index (χ3v) is 4.40. The van der Waals surface area contributed by atoms with Crippen molar-refractivity contribution in [3.05, 3.63) is 36.4 Å². The van der Waals surface area contributed by atoms with Crippen LogP contribution in [0.3, 0.4) is 0 Å². The minimum Gasteiger partial charge on any atom is -0.395 e. The van der Waals surface area contributed by atoms with Gasteiger partial charge in [0.25, 0.3) is 0 Å². The lowest BCUT2D eigenvalue weighted by Gasteiger charge is -2.17. The maximum atomic E-state index is 13.0. The van der Waals surface area contributed by atoms with E-state index in [4.69, 9.17) is 0 Å². The first kappa shape index (κ1) is 13.4. The van der Waals surface area contributed by atoms with Crippen LogP contribution in [-0.4, -0.2) is 18.0 Å². The van der Waals surface area contributed by atoms with Gasteiger partial charge in [-0.05, 0) is 35.4 Å². The molecule has 7 heteroatoms. The number of hydrogen-bond acceptors (Lipinski definition) is 4. The van der Waals surface area contributed by atoms with Gasteiger partial charge in [0.1, 0.15) is 0 Å². The third-order valence-electron chi connectivity index (χ3n) is 3.35. The molecule has 0 aliphatic carbocycles. The van der Waals surface area contributed by atoms with Gasteiger partial charge in [-0.25, -0.2) is 0 Å². The number of halogens is 2. The second-order valence-corrected chi connectivity index (χ2v) is 5.89. The van der Waals surface area contributed by atoms with Crippen molar-refractivity contribution < 1.29 is 23.0 Å². The average Bonchev–Trinajstić information content (AvgIpc) is 2.79. The molecule has 1 N–H and O–H groups in total. The maximum Gasteiger partial charge on any atom is 0.586 e. The number of amides is 1. The van der Waals surface area contributed by atoms with Gasteiger partial charge in [0, 0.05) is 4.90 Å². The van der Waals surface area contributed by atoms with Crippen LogP contribution in [0.5, 0.6) is 11.5 Å². The summed E-state index contributed by atoms with van der Waals surface area (Å²) in [6.45, 7) is 0. The lowest BCUT2D eigenvalue weighted by molar-refractivity contribution is -0.286. The van der Waals surface area contributed by atoms with Gasteiger partial charge in [-0.1, -0.05) is 12.1 Å². The Balaban J connectivity index is 1.70. The summed E-state index contributed by atoms with van der Waals surface area (Å²) in [4.78, 5) is 12.3. The number of benzene rings is 2. The molecule has 0 radical (unpaired) electrons. The third kappa shape index (κ3) is 2.27. The van der Waals surface area contributed by atoms with E-state index in [9.17, 15) is 13.6 Å². The van der Waals surface area contributed by atoms with Gasteiger partial charge in [-0.2, -0.15) is 0 Å². The van der Waals surface area contributed by atoms with Crippen LogP contribution in [0.2, 0.25) is 0 Å². The number of carbonyl (C=O) groups excluding carboxylic acids is 1. The van der Waals surface area contributed by atoms with Crippen molar-refractivity contribution >= 4 is 23.4 Å². The van der Waals surface area contributed by atoms with E-state index in [1.807, 2.05) is 12.1 Å². The minimum atomic E-state index is -3.61. The van der Waals surface area contributed by atoms with Crippen molar-refractivity contribution in [3.8, 4) is 22.6 Å². The summed E-state index contributed by atoms with van der Waals surface area (Å²) in [6, 6.07) is 10.2. The maximum absolute atomic E-state index is 13.0. The molecule has 112 valence electrons. The number of hydrogen-bond donors (Lipinski definition) is 1. The van der Waals surface area contributed by atoms with E-state index in [-0.39, 0.29) is 17.4 Å². The Bertz CT molecular complexity index is 794. The van der Waals surface area contributed by atoms with E-state index < -0.39 is 6.29 Å². The van der Waals surface area contributed by atoms with E-state index in [1.54, 1.807) is 12.1 Å². The molecule has 0 spiro atoms. The van der Waals surface area contributed by atoms with E-state index in [2.05, 4.69) is 14.8 Å². The molecule has 1 amide bonds. The highest BCUT2D eigenvalue weighted by molar-refractivity contribution is 8.00. The van der Waals surface area contributed by atoms with Gasteiger partial charge < -0.3 is 14.8 Å². The Morgan fingerprint density at radius 3 is 2.64 bits per heavy atom. The molecule has 0 fully saturated rings. The van der Waals surface area contributed by atoms with Gasteiger partial charge >= 0.3 is 6.29 Å². The van der Waals surface area contributed by atoms with Crippen LogP contribution in [0, 0.1) is 0 Å². The number of nitrogens with one attached hydrogen (secondary N) is 1.